The quantitative estimate of drug-likeness (QED) is 0.586. The van der Waals surface area contributed by atoms with Gasteiger partial charge >= 0.3 is 5.97 Å². The molecular weight excluding hydrogens is 286 g/mol. The molecule has 3 aromatic heterocycles. The molecule has 0 aliphatic heterocycles. The second-order valence-electron chi connectivity index (χ2n) is 4.84. The summed E-state index contributed by atoms with van der Waals surface area (Å²) >= 11 is 0. The maximum atomic E-state index is 12.3. The van der Waals surface area contributed by atoms with Crippen LogP contribution in [0.2, 0.25) is 0 Å². The van der Waals surface area contributed by atoms with E-state index >= 15 is 0 Å². The minimum atomic E-state index is -0.610. The predicted molar refractivity (Wildman–Crippen MR) is 76.7 cm³/mol. The number of aromatic nitrogens is 3. The minimum Gasteiger partial charge on any atom is -0.454 e. The number of nitrogens with one attached hydrogen (secondary N) is 1. The third-order valence-electron chi connectivity index (χ3n) is 3.20. The molecule has 0 saturated carbocycles. The van der Waals surface area contributed by atoms with E-state index in [-0.39, 0.29) is 18.1 Å². The first-order chi connectivity index (χ1) is 10.6. The number of carbonyl (C=O) groups is 2. The summed E-state index contributed by atoms with van der Waals surface area (Å²) in [6, 6.07) is 4.91. The van der Waals surface area contributed by atoms with Gasteiger partial charge in [-0.05, 0) is 32.0 Å². The zero-order valence-corrected chi connectivity index (χ0v) is 12.0. The lowest BCUT2D eigenvalue weighted by molar-refractivity contribution is 0.0475. The number of carbonyl (C=O) groups excluding carboxylic acids is 2. The van der Waals surface area contributed by atoms with Crippen molar-refractivity contribution in [2.45, 2.75) is 13.8 Å². The lowest BCUT2D eigenvalue weighted by atomic mass is 10.1. The molecule has 3 heterocycles. The van der Waals surface area contributed by atoms with E-state index in [1.165, 1.54) is 0 Å². The number of nitrogens with zero attached hydrogens (tertiary/aromatic N) is 2. The number of ether oxygens (including phenoxy) is 1. The molecule has 0 saturated heterocycles. The van der Waals surface area contributed by atoms with Gasteiger partial charge in [0.2, 0.25) is 5.78 Å². The molecule has 1 N–H and O–H groups in total. The van der Waals surface area contributed by atoms with Crippen molar-refractivity contribution in [3.63, 3.8) is 0 Å². The summed E-state index contributed by atoms with van der Waals surface area (Å²) in [5.41, 5.74) is 2.11. The maximum absolute atomic E-state index is 12.3. The van der Waals surface area contributed by atoms with Crippen molar-refractivity contribution in [3.05, 3.63) is 47.0 Å². The Labute approximate surface area is 125 Å². The van der Waals surface area contributed by atoms with E-state index in [4.69, 9.17) is 9.26 Å². The molecule has 7 heteroatoms. The molecule has 112 valence electrons. The monoisotopic (exact) mass is 299 g/mol. The number of pyridine rings is 1. The number of rotatable bonds is 4. The summed E-state index contributed by atoms with van der Waals surface area (Å²) in [6.45, 7) is 3.11. The average molecular weight is 299 g/mol. The first-order valence-corrected chi connectivity index (χ1v) is 6.63. The number of Topliss-reactive ketones (excluding diaryl/α,β-unsaturated/α-hetero) is 1. The van der Waals surface area contributed by atoms with Crippen LogP contribution in [0.3, 0.4) is 0 Å². The van der Waals surface area contributed by atoms with Crippen LogP contribution in [0.25, 0.3) is 11.1 Å². The SMILES string of the molecule is Cc1cc(C(=O)OCC(=O)c2ccc[nH]2)c2c(C)noc2n1. The number of ketones is 1. The van der Waals surface area contributed by atoms with Gasteiger partial charge < -0.3 is 14.2 Å². The Morgan fingerprint density at radius 2 is 2.18 bits per heavy atom. The zero-order chi connectivity index (χ0) is 15.7. The molecule has 0 radical (unpaired) electrons. The summed E-state index contributed by atoms with van der Waals surface area (Å²) in [6.07, 6.45) is 1.63. The molecule has 22 heavy (non-hydrogen) atoms. The van der Waals surface area contributed by atoms with Gasteiger partial charge in [-0.1, -0.05) is 5.16 Å². The largest absolute Gasteiger partial charge is 0.454 e. The Morgan fingerprint density at radius 1 is 1.36 bits per heavy atom. The number of esters is 1. The number of H-pyrrole nitrogens is 1. The van der Waals surface area contributed by atoms with Crippen LogP contribution in [0.5, 0.6) is 0 Å². The van der Waals surface area contributed by atoms with Crippen LogP contribution in [0.1, 0.15) is 32.2 Å². The molecule has 3 rings (SSSR count). The summed E-state index contributed by atoms with van der Waals surface area (Å²) in [4.78, 5) is 31.0. The van der Waals surface area contributed by atoms with Gasteiger partial charge in [0.25, 0.3) is 5.71 Å². The van der Waals surface area contributed by atoms with Crippen molar-refractivity contribution in [1.29, 1.82) is 0 Å². The minimum absolute atomic E-state index is 0.278. The van der Waals surface area contributed by atoms with Crippen LogP contribution in [0.15, 0.2) is 28.9 Å². The van der Waals surface area contributed by atoms with E-state index in [2.05, 4.69) is 15.1 Å². The van der Waals surface area contributed by atoms with Gasteiger partial charge in [0, 0.05) is 11.9 Å². The van der Waals surface area contributed by atoms with E-state index in [0.29, 0.717) is 28.0 Å². The standard InChI is InChI=1S/C15H13N3O4/c1-8-6-10(13-9(2)18-22-14(13)17-8)15(20)21-7-12(19)11-4-3-5-16-11/h3-6,16H,7H2,1-2H3. The Hall–Kier alpha value is -2.96. The lowest BCUT2D eigenvalue weighted by Gasteiger charge is -2.05. The molecule has 0 bridgehead atoms. The number of aryl methyl sites for hydroxylation is 2. The number of hydrogen-bond acceptors (Lipinski definition) is 6. The molecule has 3 aromatic rings. The van der Waals surface area contributed by atoms with Gasteiger partial charge in [-0.2, -0.15) is 0 Å². The maximum Gasteiger partial charge on any atom is 0.339 e. The molecule has 0 atom stereocenters. The van der Waals surface area contributed by atoms with Gasteiger partial charge in [0.15, 0.2) is 6.61 Å². The molecule has 0 aliphatic rings. The van der Waals surface area contributed by atoms with Crippen LogP contribution >= 0.6 is 0 Å². The van der Waals surface area contributed by atoms with Crippen LogP contribution < -0.4 is 0 Å². The van der Waals surface area contributed by atoms with Crippen molar-refractivity contribution in [1.82, 2.24) is 15.1 Å². The molecule has 0 amide bonds. The summed E-state index contributed by atoms with van der Waals surface area (Å²) < 4.78 is 10.2. The molecule has 7 nitrogen and oxygen atoms in total. The number of fused-ring (bicyclic) bond motifs is 1. The van der Waals surface area contributed by atoms with E-state index in [0.717, 1.165) is 0 Å². The Bertz CT molecular complexity index is 849. The fraction of sp³-hybridized carbons (Fsp3) is 0.200. The average Bonchev–Trinajstić information content (AvgIpc) is 3.14. The highest BCUT2D eigenvalue weighted by Gasteiger charge is 2.20. The smallest absolute Gasteiger partial charge is 0.339 e. The zero-order valence-electron chi connectivity index (χ0n) is 12.0. The van der Waals surface area contributed by atoms with Gasteiger partial charge in [0.1, 0.15) is 0 Å². The Morgan fingerprint density at radius 3 is 2.91 bits per heavy atom. The first kappa shape index (κ1) is 14.0. The Kier molecular flexibility index (Phi) is 3.46. The normalized spacial score (nSPS) is 10.8. The summed E-state index contributed by atoms with van der Waals surface area (Å²) in [5.74, 6) is -0.913. The van der Waals surface area contributed by atoms with Crippen LogP contribution in [0, 0.1) is 13.8 Å². The second kappa shape index (κ2) is 5.44. The van der Waals surface area contributed by atoms with Crippen LogP contribution in [-0.2, 0) is 4.74 Å². The fourth-order valence-electron chi connectivity index (χ4n) is 2.17. The van der Waals surface area contributed by atoms with Crippen molar-refractivity contribution >= 4 is 22.9 Å². The van der Waals surface area contributed by atoms with E-state index in [9.17, 15) is 9.59 Å². The van der Waals surface area contributed by atoms with Crippen molar-refractivity contribution in [2.24, 2.45) is 0 Å². The third kappa shape index (κ3) is 2.48. The van der Waals surface area contributed by atoms with E-state index < -0.39 is 5.97 Å². The summed E-state index contributed by atoms with van der Waals surface area (Å²) in [5, 5.41) is 4.30. The highest BCUT2D eigenvalue weighted by Crippen LogP contribution is 2.22. The number of hydrogen-bond donors (Lipinski definition) is 1. The lowest BCUT2D eigenvalue weighted by Crippen LogP contribution is -2.15. The first-order valence-electron chi connectivity index (χ1n) is 6.63. The van der Waals surface area contributed by atoms with Gasteiger partial charge in [0.05, 0.1) is 22.3 Å². The van der Waals surface area contributed by atoms with Crippen LogP contribution in [-0.4, -0.2) is 33.5 Å². The third-order valence-corrected chi connectivity index (χ3v) is 3.20. The fourth-order valence-corrected chi connectivity index (χ4v) is 2.17. The van der Waals surface area contributed by atoms with E-state index in [1.54, 1.807) is 38.2 Å². The van der Waals surface area contributed by atoms with Crippen molar-refractivity contribution in [2.75, 3.05) is 6.61 Å². The van der Waals surface area contributed by atoms with Crippen LogP contribution in [0.4, 0.5) is 0 Å². The van der Waals surface area contributed by atoms with E-state index in [1.807, 2.05) is 0 Å². The molecular formula is C15H13N3O4. The van der Waals surface area contributed by atoms with Crippen molar-refractivity contribution in [3.8, 4) is 0 Å². The van der Waals surface area contributed by atoms with Crippen molar-refractivity contribution < 1.29 is 18.8 Å². The summed E-state index contributed by atoms with van der Waals surface area (Å²) in [7, 11) is 0. The number of aromatic amines is 1. The van der Waals surface area contributed by atoms with Gasteiger partial charge in [-0.3, -0.25) is 4.79 Å². The molecule has 0 aromatic carbocycles. The molecule has 0 unspecified atom stereocenters. The molecule has 0 spiro atoms. The van der Waals surface area contributed by atoms with Gasteiger partial charge in [-0.25, -0.2) is 9.78 Å². The predicted octanol–water partition coefficient (Wildman–Crippen LogP) is 2.21. The van der Waals surface area contributed by atoms with Gasteiger partial charge in [-0.15, -0.1) is 0 Å². The molecule has 0 aliphatic carbocycles. The highest BCUT2D eigenvalue weighted by atomic mass is 16.5. The molecule has 0 fully saturated rings. The Balaban J connectivity index is 1.83. The second-order valence-corrected chi connectivity index (χ2v) is 4.84. The topological polar surface area (TPSA) is 98.1 Å². The highest BCUT2D eigenvalue weighted by molar-refractivity contribution is 6.04.